The number of benzene rings is 1. The van der Waals surface area contributed by atoms with Crippen LogP contribution in [-0.4, -0.2) is 40.4 Å². The zero-order valence-electron chi connectivity index (χ0n) is 15.5. The van der Waals surface area contributed by atoms with E-state index in [4.69, 9.17) is 27.2 Å². The number of nitrogens with one attached hydrogen (secondary N) is 1. The third kappa shape index (κ3) is 5.52. The number of nitrogens with two attached hydrogens (primary N) is 1. The summed E-state index contributed by atoms with van der Waals surface area (Å²) in [6.07, 6.45) is -3.04. The summed E-state index contributed by atoms with van der Waals surface area (Å²) in [5.41, 5.74) is 8.34. The molecule has 7 nitrogen and oxygen atoms in total. The van der Waals surface area contributed by atoms with Crippen LogP contribution >= 0.6 is 11.6 Å². The van der Waals surface area contributed by atoms with Gasteiger partial charge in [0, 0.05) is 12.1 Å². The van der Waals surface area contributed by atoms with Gasteiger partial charge < -0.3 is 21.3 Å². The summed E-state index contributed by atoms with van der Waals surface area (Å²) < 4.78 is 31.7. The minimum atomic E-state index is -5.08. The number of carbonyl (C=O) groups is 1. The Hall–Kier alpha value is -3.03. The maximum atomic E-state index is 10.6. The van der Waals surface area contributed by atoms with Crippen LogP contribution in [0.4, 0.5) is 19.0 Å². The van der Waals surface area contributed by atoms with E-state index in [1.807, 2.05) is 6.07 Å². The molecule has 1 aromatic heterocycles. The first-order valence-electron chi connectivity index (χ1n) is 8.75. The normalized spacial score (nSPS) is 16.2. The van der Waals surface area contributed by atoms with Gasteiger partial charge in [-0.3, -0.25) is 0 Å². The first kappa shape index (κ1) is 23.3. The molecule has 1 fully saturated rings. The molecule has 3 rings (SSSR count). The highest BCUT2D eigenvalue weighted by Crippen LogP contribution is 2.37. The van der Waals surface area contributed by atoms with Crippen molar-refractivity contribution in [1.82, 2.24) is 10.3 Å². The average Bonchev–Trinajstić information content (AvgIpc) is 2.70. The van der Waals surface area contributed by atoms with Gasteiger partial charge in [0.1, 0.15) is 17.6 Å². The third-order valence-electron chi connectivity index (χ3n) is 4.43. The predicted octanol–water partition coefficient (Wildman–Crippen LogP) is 3.66. The molecule has 0 aliphatic carbocycles. The van der Waals surface area contributed by atoms with Crippen molar-refractivity contribution < 1.29 is 28.2 Å². The Bertz CT molecular complexity index is 971. The first-order valence-corrected chi connectivity index (χ1v) is 9.13. The number of aromatic hydroxyl groups is 1. The molecule has 0 bridgehead atoms. The summed E-state index contributed by atoms with van der Waals surface area (Å²) in [6, 6.07) is 9.10. The van der Waals surface area contributed by atoms with E-state index in [-0.39, 0.29) is 22.5 Å². The molecule has 30 heavy (non-hydrogen) atoms. The van der Waals surface area contributed by atoms with Crippen molar-refractivity contribution in [3.63, 3.8) is 0 Å². The maximum Gasteiger partial charge on any atom is 0.490 e. The standard InChI is InChI=1S/C17H17ClN4O.C2HF3O2/c18-14-5-1-4-11(16(14)23)15-7-12(10-3-2-6-21-9-10)13(8-19)17(20)22-15;3-2(4,5)1(6)7/h1,4-5,7,10,21,23H,2-3,6,9H2,(H2,20,22);(H,6,7). The van der Waals surface area contributed by atoms with E-state index in [1.54, 1.807) is 18.2 Å². The van der Waals surface area contributed by atoms with Crippen molar-refractivity contribution in [2.24, 2.45) is 0 Å². The Balaban J connectivity index is 0.000000396. The Kier molecular flexibility index (Phi) is 7.48. The van der Waals surface area contributed by atoms with Crippen LogP contribution in [0.3, 0.4) is 0 Å². The summed E-state index contributed by atoms with van der Waals surface area (Å²) in [5.74, 6) is -2.39. The lowest BCUT2D eigenvalue weighted by molar-refractivity contribution is -0.192. The zero-order valence-corrected chi connectivity index (χ0v) is 16.3. The monoisotopic (exact) mass is 442 g/mol. The number of pyridine rings is 1. The largest absolute Gasteiger partial charge is 0.506 e. The Morgan fingerprint density at radius 3 is 2.60 bits per heavy atom. The molecule has 0 saturated carbocycles. The molecule has 2 heterocycles. The highest BCUT2D eigenvalue weighted by molar-refractivity contribution is 6.32. The van der Waals surface area contributed by atoms with Crippen LogP contribution in [-0.2, 0) is 4.79 Å². The molecule has 1 unspecified atom stereocenters. The van der Waals surface area contributed by atoms with Crippen LogP contribution in [0, 0.1) is 11.3 Å². The number of nitrogen functional groups attached to an aromatic ring is 1. The number of rotatable bonds is 2. The van der Waals surface area contributed by atoms with E-state index in [0.717, 1.165) is 31.5 Å². The summed E-state index contributed by atoms with van der Waals surface area (Å²) in [4.78, 5) is 13.2. The van der Waals surface area contributed by atoms with Crippen molar-refractivity contribution in [1.29, 1.82) is 5.26 Å². The molecule has 1 aliphatic rings. The number of aliphatic carboxylic acids is 1. The number of alkyl halides is 3. The first-order chi connectivity index (χ1) is 14.1. The molecule has 0 spiro atoms. The van der Waals surface area contributed by atoms with Crippen LogP contribution in [0.2, 0.25) is 5.02 Å². The number of nitriles is 1. The summed E-state index contributed by atoms with van der Waals surface area (Å²) in [5, 5.41) is 30.3. The Morgan fingerprint density at radius 2 is 2.07 bits per heavy atom. The van der Waals surface area contributed by atoms with Gasteiger partial charge in [-0.25, -0.2) is 9.78 Å². The fraction of sp³-hybridized carbons (Fsp3) is 0.316. The molecule has 0 amide bonds. The van der Waals surface area contributed by atoms with Gasteiger partial charge in [0.25, 0.3) is 0 Å². The lowest BCUT2D eigenvalue weighted by Gasteiger charge is -2.24. The summed E-state index contributed by atoms with van der Waals surface area (Å²) in [6.45, 7) is 1.79. The van der Waals surface area contributed by atoms with Crippen molar-refractivity contribution in [2.45, 2.75) is 24.9 Å². The van der Waals surface area contributed by atoms with E-state index >= 15 is 0 Å². The highest BCUT2D eigenvalue weighted by Gasteiger charge is 2.38. The summed E-state index contributed by atoms with van der Waals surface area (Å²) >= 11 is 5.98. The van der Waals surface area contributed by atoms with Gasteiger partial charge in [-0.05, 0) is 49.1 Å². The Labute approximate surface area is 174 Å². The quantitative estimate of drug-likeness (QED) is 0.557. The van der Waals surface area contributed by atoms with Gasteiger partial charge in [-0.1, -0.05) is 17.7 Å². The predicted molar refractivity (Wildman–Crippen MR) is 104 cm³/mol. The molecule has 1 aliphatic heterocycles. The number of anilines is 1. The van der Waals surface area contributed by atoms with Gasteiger partial charge in [-0.15, -0.1) is 0 Å². The highest BCUT2D eigenvalue weighted by atomic mass is 35.5. The van der Waals surface area contributed by atoms with Gasteiger partial charge in [0.15, 0.2) is 0 Å². The number of carboxylic acids is 1. The molecular weight excluding hydrogens is 425 g/mol. The Morgan fingerprint density at radius 1 is 1.40 bits per heavy atom. The van der Waals surface area contributed by atoms with Crippen molar-refractivity contribution >= 4 is 23.4 Å². The molecule has 1 atom stereocenters. The van der Waals surface area contributed by atoms with E-state index < -0.39 is 12.1 Å². The minimum absolute atomic E-state index is 0.0292. The topological polar surface area (TPSA) is 132 Å². The van der Waals surface area contributed by atoms with E-state index in [1.165, 1.54) is 0 Å². The van der Waals surface area contributed by atoms with Gasteiger partial charge in [-0.2, -0.15) is 18.4 Å². The van der Waals surface area contributed by atoms with Gasteiger partial charge >= 0.3 is 12.1 Å². The molecule has 11 heteroatoms. The fourth-order valence-electron chi connectivity index (χ4n) is 3.01. The smallest absolute Gasteiger partial charge is 0.490 e. The SMILES string of the molecule is N#Cc1c(C2CCCNC2)cc(-c2cccc(Cl)c2O)nc1N.O=C(O)C(F)(F)F. The van der Waals surface area contributed by atoms with E-state index in [0.29, 0.717) is 16.8 Å². The van der Waals surface area contributed by atoms with Crippen molar-refractivity contribution in [3.05, 3.63) is 40.4 Å². The van der Waals surface area contributed by atoms with Crippen LogP contribution < -0.4 is 11.1 Å². The van der Waals surface area contributed by atoms with Crippen molar-refractivity contribution in [2.75, 3.05) is 18.8 Å². The molecular formula is C19H18ClF3N4O3. The van der Waals surface area contributed by atoms with E-state index in [9.17, 15) is 23.5 Å². The number of halogens is 4. The van der Waals surface area contributed by atoms with E-state index in [2.05, 4.69) is 16.4 Å². The second-order valence-corrected chi connectivity index (χ2v) is 6.86. The van der Waals surface area contributed by atoms with Gasteiger partial charge in [0.05, 0.1) is 16.3 Å². The number of piperidine rings is 1. The molecule has 1 saturated heterocycles. The number of aromatic nitrogens is 1. The van der Waals surface area contributed by atoms with Crippen LogP contribution in [0.1, 0.15) is 29.9 Å². The number of nitrogens with zero attached hydrogens (tertiary/aromatic N) is 2. The summed E-state index contributed by atoms with van der Waals surface area (Å²) in [7, 11) is 0. The lowest BCUT2D eigenvalue weighted by atomic mass is 9.88. The van der Waals surface area contributed by atoms with Crippen molar-refractivity contribution in [3.8, 4) is 23.1 Å². The van der Waals surface area contributed by atoms with Gasteiger partial charge in [0.2, 0.25) is 0 Å². The number of para-hydroxylation sites is 1. The maximum absolute atomic E-state index is 10.6. The lowest BCUT2D eigenvalue weighted by Crippen LogP contribution is -2.29. The van der Waals surface area contributed by atoms with Crippen LogP contribution in [0.5, 0.6) is 5.75 Å². The number of hydrogen-bond donors (Lipinski definition) is 4. The number of phenols is 1. The second-order valence-electron chi connectivity index (χ2n) is 6.45. The van der Waals surface area contributed by atoms with Crippen LogP contribution in [0.25, 0.3) is 11.3 Å². The molecule has 1 aromatic carbocycles. The second kappa shape index (κ2) is 9.65. The number of phenolic OH excluding ortho intramolecular Hbond substituents is 1. The number of hydrogen-bond acceptors (Lipinski definition) is 6. The van der Waals surface area contributed by atoms with Crippen LogP contribution in [0.15, 0.2) is 24.3 Å². The minimum Gasteiger partial charge on any atom is -0.506 e. The number of carboxylic acid groups (broad SMARTS) is 1. The fourth-order valence-corrected chi connectivity index (χ4v) is 3.18. The molecule has 0 radical (unpaired) electrons. The zero-order chi connectivity index (χ0) is 22.5. The third-order valence-corrected chi connectivity index (χ3v) is 4.74. The molecule has 2 aromatic rings. The average molecular weight is 443 g/mol. The molecule has 5 N–H and O–H groups in total. The molecule has 160 valence electrons.